The third-order valence-corrected chi connectivity index (χ3v) is 12.9. The van der Waals surface area contributed by atoms with E-state index in [4.69, 9.17) is 16.3 Å². The maximum Gasteiger partial charge on any atom is 0.264 e. The monoisotopic (exact) mass is 641 g/mol. The Labute approximate surface area is 266 Å². The second-order valence-electron chi connectivity index (χ2n) is 13.5. The van der Waals surface area contributed by atoms with Gasteiger partial charge in [0.1, 0.15) is 5.75 Å². The van der Waals surface area contributed by atoms with Crippen LogP contribution in [-0.2, 0) is 21.9 Å². The van der Waals surface area contributed by atoms with E-state index in [9.17, 15) is 18.3 Å². The molecule has 0 radical (unpaired) electrons. The Morgan fingerprint density at radius 2 is 2.00 bits per heavy atom. The van der Waals surface area contributed by atoms with Crippen LogP contribution in [0.2, 0.25) is 5.02 Å². The molecular weight excluding hydrogens is 598 g/mol. The fraction of sp³-hybridized carbons (Fsp3) is 0.559. The summed E-state index contributed by atoms with van der Waals surface area (Å²) in [4.78, 5) is 15.7. The molecule has 238 valence electrons. The van der Waals surface area contributed by atoms with E-state index in [1.807, 2.05) is 32.2 Å². The average Bonchev–Trinajstić information content (AvgIpc) is 3.11. The minimum absolute atomic E-state index is 0.0306. The maximum absolute atomic E-state index is 13.4. The van der Waals surface area contributed by atoms with Crippen molar-refractivity contribution in [3.8, 4) is 5.75 Å². The summed E-state index contributed by atoms with van der Waals surface area (Å²) in [5.74, 6) is 0.0167. The number of likely N-dealkylation sites (N-methyl/N-ethyl adjacent to an activating group) is 1. The number of amides is 1. The van der Waals surface area contributed by atoms with Crippen molar-refractivity contribution in [2.24, 2.45) is 17.8 Å². The van der Waals surface area contributed by atoms with Crippen LogP contribution in [0.4, 0.5) is 5.69 Å². The van der Waals surface area contributed by atoms with E-state index in [0.717, 1.165) is 42.8 Å². The van der Waals surface area contributed by atoms with Gasteiger partial charge in [0.15, 0.2) is 0 Å². The number of aliphatic hydroxyl groups is 1. The van der Waals surface area contributed by atoms with Crippen molar-refractivity contribution in [3.63, 3.8) is 0 Å². The molecule has 4 aliphatic rings. The van der Waals surface area contributed by atoms with Crippen molar-refractivity contribution >= 4 is 33.2 Å². The SMILES string of the molecule is CNC[C@]1(O)/C=C/C[C@H](C)[C@@H](C)S(=O)(=O)NC(=O)c2ccc3c(c2)N(C[C@@H]2CC[C@H]21)C[C@@]1(CCCc2cc(Cl)ccc21)CO3. The molecule has 2 heterocycles. The third kappa shape index (κ3) is 5.77. The molecule has 6 rings (SSSR count). The van der Waals surface area contributed by atoms with Gasteiger partial charge in [-0.2, -0.15) is 0 Å². The molecule has 1 saturated carbocycles. The molecule has 0 saturated heterocycles. The fourth-order valence-corrected chi connectivity index (χ4v) is 9.33. The molecule has 10 heteroatoms. The minimum atomic E-state index is -3.95. The molecule has 2 aliphatic heterocycles. The van der Waals surface area contributed by atoms with Gasteiger partial charge < -0.3 is 20.1 Å². The van der Waals surface area contributed by atoms with E-state index in [0.29, 0.717) is 38.4 Å². The predicted molar refractivity (Wildman–Crippen MR) is 174 cm³/mol. The summed E-state index contributed by atoms with van der Waals surface area (Å²) in [7, 11) is -2.10. The molecule has 2 bridgehead atoms. The number of ether oxygens (including phenoxy) is 1. The molecule has 3 N–H and O–H groups in total. The lowest BCUT2D eigenvalue weighted by Crippen LogP contribution is -2.55. The van der Waals surface area contributed by atoms with Crippen molar-refractivity contribution in [2.45, 2.75) is 68.6 Å². The summed E-state index contributed by atoms with van der Waals surface area (Å²) in [5.41, 5.74) is 2.20. The quantitative estimate of drug-likeness (QED) is 0.403. The van der Waals surface area contributed by atoms with Crippen molar-refractivity contribution in [3.05, 3.63) is 70.3 Å². The van der Waals surface area contributed by atoms with Crippen molar-refractivity contribution in [1.29, 1.82) is 0 Å². The standard InChI is InChI=1S/C34H44ClN3O5S/c1-22-6-4-15-34(40,19-36-3)29-11-8-26(29)18-38-20-33(14-5-7-24-16-27(35)10-12-28(24)33)21-43-31-13-9-25(17-30(31)38)32(39)37-44(41,42)23(22)2/h4,9-10,12-13,15-17,22-23,26,29,36,40H,5-8,11,14,18-21H2,1-3H3,(H,37,39)/b15-4+/t22-,23+,26-,29+,33-,34+/m0/s1. The number of nitrogens with one attached hydrogen (secondary N) is 2. The van der Waals surface area contributed by atoms with Crippen LogP contribution in [-0.4, -0.2) is 63.6 Å². The summed E-state index contributed by atoms with van der Waals surface area (Å²) in [6.45, 7) is 5.74. The van der Waals surface area contributed by atoms with Crippen LogP contribution >= 0.6 is 11.6 Å². The van der Waals surface area contributed by atoms with Gasteiger partial charge >= 0.3 is 0 Å². The topological polar surface area (TPSA) is 108 Å². The van der Waals surface area contributed by atoms with Gasteiger partial charge in [-0.15, -0.1) is 0 Å². The van der Waals surface area contributed by atoms with Crippen molar-refractivity contribution in [1.82, 2.24) is 10.0 Å². The zero-order valence-electron chi connectivity index (χ0n) is 25.8. The highest BCUT2D eigenvalue weighted by molar-refractivity contribution is 7.90. The molecule has 0 unspecified atom stereocenters. The van der Waals surface area contributed by atoms with Gasteiger partial charge in [-0.1, -0.05) is 36.7 Å². The minimum Gasteiger partial charge on any atom is -0.490 e. The molecular formula is C34H44ClN3O5S. The molecule has 2 aliphatic carbocycles. The lowest BCUT2D eigenvalue weighted by Gasteiger charge is -2.49. The first-order valence-electron chi connectivity index (χ1n) is 15.9. The van der Waals surface area contributed by atoms with Crippen LogP contribution in [0.5, 0.6) is 5.75 Å². The Morgan fingerprint density at radius 1 is 1.18 bits per heavy atom. The van der Waals surface area contributed by atoms with Gasteiger partial charge in [-0.05, 0) is 112 Å². The zero-order chi connectivity index (χ0) is 31.3. The van der Waals surface area contributed by atoms with E-state index in [1.54, 1.807) is 25.1 Å². The van der Waals surface area contributed by atoms with Crippen LogP contribution in [0.15, 0.2) is 48.6 Å². The molecule has 1 fully saturated rings. The number of nitrogens with zero attached hydrogens (tertiary/aromatic N) is 1. The lowest BCUT2D eigenvalue weighted by molar-refractivity contribution is -0.0426. The number of benzene rings is 2. The van der Waals surface area contributed by atoms with E-state index in [1.165, 1.54) is 11.1 Å². The number of carbonyl (C=O) groups is 1. The third-order valence-electron chi connectivity index (χ3n) is 10.7. The Balaban J connectivity index is 1.45. The number of hydrogen-bond acceptors (Lipinski definition) is 7. The van der Waals surface area contributed by atoms with Gasteiger partial charge in [-0.3, -0.25) is 4.79 Å². The Kier molecular flexibility index (Phi) is 8.54. The fourth-order valence-electron chi connectivity index (χ4n) is 7.85. The van der Waals surface area contributed by atoms with Gasteiger partial charge in [0, 0.05) is 35.6 Å². The van der Waals surface area contributed by atoms with Crippen molar-refractivity contribution in [2.75, 3.05) is 38.2 Å². The number of rotatable bonds is 2. The van der Waals surface area contributed by atoms with Crippen LogP contribution in [0.1, 0.15) is 67.4 Å². The summed E-state index contributed by atoms with van der Waals surface area (Å²) >= 11 is 6.41. The zero-order valence-corrected chi connectivity index (χ0v) is 27.4. The number of sulfonamides is 1. The Hall–Kier alpha value is -2.59. The predicted octanol–water partition coefficient (Wildman–Crippen LogP) is 4.83. The number of fused-ring (bicyclic) bond motifs is 4. The van der Waals surface area contributed by atoms with Gasteiger partial charge in [0.25, 0.3) is 5.91 Å². The van der Waals surface area contributed by atoms with Crippen LogP contribution in [0.3, 0.4) is 0 Å². The Bertz CT molecular complexity index is 1560. The number of anilines is 1. The highest BCUT2D eigenvalue weighted by Crippen LogP contribution is 2.48. The Morgan fingerprint density at radius 3 is 2.75 bits per heavy atom. The van der Waals surface area contributed by atoms with E-state index < -0.39 is 26.8 Å². The molecule has 44 heavy (non-hydrogen) atoms. The second kappa shape index (κ2) is 12.0. The number of carbonyl (C=O) groups excluding carboxylic acids is 1. The van der Waals surface area contributed by atoms with Gasteiger partial charge in [0.05, 0.1) is 23.1 Å². The molecule has 8 nitrogen and oxygen atoms in total. The number of aryl methyl sites for hydroxylation is 1. The van der Waals surface area contributed by atoms with Gasteiger partial charge in [-0.25, -0.2) is 13.1 Å². The van der Waals surface area contributed by atoms with Crippen LogP contribution < -0.4 is 19.7 Å². The molecule has 1 amide bonds. The normalized spacial score (nSPS) is 34.0. The number of hydrogen-bond donors (Lipinski definition) is 3. The van der Waals surface area contributed by atoms with E-state index >= 15 is 0 Å². The number of halogens is 1. The first-order valence-corrected chi connectivity index (χ1v) is 17.8. The number of allylic oxidation sites excluding steroid dienone is 1. The summed E-state index contributed by atoms with van der Waals surface area (Å²) in [6.07, 6.45) is 9.08. The summed E-state index contributed by atoms with van der Waals surface area (Å²) in [6, 6.07) is 11.4. The molecule has 0 aromatic heterocycles. The van der Waals surface area contributed by atoms with Crippen LogP contribution in [0, 0.1) is 17.8 Å². The average molecular weight is 642 g/mol. The second-order valence-corrected chi connectivity index (χ2v) is 16.0. The molecule has 6 atom stereocenters. The molecule has 2 aromatic rings. The molecule has 1 spiro atoms. The largest absolute Gasteiger partial charge is 0.490 e. The van der Waals surface area contributed by atoms with E-state index in [-0.39, 0.29) is 28.7 Å². The smallest absolute Gasteiger partial charge is 0.264 e. The first kappa shape index (κ1) is 31.4. The van der Waals surface area contributed by atoms with Crippen LogP contribution in [0.25, 0.3) is 0 Å². The maximum atomic E-state index is 13.4. The summed E-state index contributed by atoms with van der Waals surface area (Å²) in [5, 5.41) is 15.1. The summed E-state index contributed by atoms with van der Waals surface area (Å²) < 4.78 is 35.5. The molecule has 2 aromatic carbocycles. The van der Waals surface area contributed by atoms with Crippen molar-refractivity contribution < 1.29 is 23.1 Å². The van der Waals surface area contributed by atoms with E-state index in [2.05, 4.69) is 27.1 Å². The highest BCUT2D eigenvalue weighted by Gasteiger charge is 2.48. The van der Waals surface area contributed by atoms with Gasteiger partial charge in [0.2, 0.25) is 10.0 Å². The first-order chi connectivity index (χ1) is 20.9. The highest BCUT2D eigenvalue weighted by atomic mass is 35.5. The lowest BCUT2D eigenvalue weighted by atomic mass is 9.64.